The van der Waals surface area contributed by atoms with Crippen molar-refractivity contribution in [3.63, 3.8) is 0 Å². The van der Waals surface area contributed by atoms with Gasteiger partial charge in [-0.1, -0.05) is 0 Å². The minimum atomic E-state index is -0.0196. The maximum absolute atomic E-state index is 11.4. The van der Waals surface area contributed by atoms with Crippen molar-refractivity contribution in [2.45, 2.75) is 26.8 Å². The number of amides is 1. The largest absolute Gasteiger partial charge is 0.384 e. The summed E-state index contributed by atoms with van der Waals surface area (Å²) in [5, 5.41) is 9.01. The molecular formula is C12H20N4O. The summed E-state index contributed by atoms with van der Waals surface area (Å²) >= 11 is 0. The fourth-order valence-corrected chi connectivity index (χ4v) is 1.39. The third kappa shape index (κ3) is 5.19. The summed E-state index contributed by atoms with van der Waals surface area (Å²) < 4.78 is 0. The predicted octanol–water partition coefficient (Wildman–Crippen LogP) is 1.45. The molecule has 0 atom stereocenters. The lowest BCUT2D eigenvalue weighted by Crippen LogP contribution is -2.34. The molecule has 0 saturated heterocycles. The first-order valence-corrected chi connectivity index (χ1v) is 5.84. The number of nitrogens with one attached hydrogen (secondary N) is 3. The van der Waals surface area contributed by atoms with Crippen LogP contribution in [0.2, 0.25) is 0 Å². The van der Waals surface area contributed by atoms with Crippen LogP contribution in [0, 0.1) is 0 Å². The smallest absolute Gasteiger partial charge is 0.239 e. The lowest BCUT2D eigenvalue weighted by Gasteiger charge is -2.10. The minimum absolute atomic E-state index is 0.0196. The number of hydrogen-bond acceptors (Lipinski definition) is 4. The van der Waals surface area contributed by atoms with Crippen LogP contribution in [0.25, 0.3) is 0 Å². The molecule has 1 amide bonds. The summed E-state index contributed by atoms with van der Waals surface area (Å²) in [4.78, 5) is 15.5. The fraction of sp³-hybridized carbons (Fsp3) is 0.500. The summed E-state index contributed by atoms with van der Waals surface area (Å²) in [6.45, 7) is 7.00. The van der Waals surface area contributed by atoms with Gasteiger partial charge in [0, 0.05) is 12.6 Å². The second kappa shape index (κ2) is 6.73. The van der Waals surface area contributed by atoms with Gasteiger partial charge in [-0.25, -0.2) is 0 Å². The van der Waals surface area contributed by atoms with Gasteiger partial charge in [0.2, 0.25) is 5.91 Å². The Morgan fingerprint density at radius 1 is 1.29 bits per heavy atom. The van der Waals surface area contributed by atoms with Gasteiger partial charge in [-0.2, -0.15) is 0 Å². The fourth-order valence-electron chi connectivity index (χ4n) is 1.39. The molecule has 0 fully saturated rings. The van der Waals surface area contributed by atoms with E-state index < -0.39 is 0 Å². The Kier molecular flexibility index (Phi) is 5.26. The van der Waals surface area contributed by atoms with E-state index in [1.165, 1.54) is 0 Å². The van der Waals surface area contributed by atoms with Crippen LogP contribution in [0.3, 0.4) is 0 Å². The molecule has 94 valence electrons. The molecule has 1 aromatic heterocycles. The van der Waals surface area contributed by atoms with E-state index in [1.807, 2.05) is 26.8 Å². The molecule has 0 aliphatic heterocycles. The highest BCUT2D eigenvalue weighted by Gasteiger charge is 2.03. The van der Waals surface area contributed by atoms with Gasteiger partial charge in [0.25, 0.3) is 0 Å². The number of anilines is 2. The first kappa shape index (κ1) is 13.3. The Hall–Kier alpha value is -1.78. The highest BCUT2D eigenvalue weighted by atomic mass is 16.1. The van der Waals surface area contributed by atoms with E-state index in [1.54, 1.807) is 12.4 Å². The summed E-state index contributed by atoms with van der Waals surface area (Å²) in [6, 6.07) is 2.09. The number of hydrogen-bond donors (Lipinski definition) is 3. The number of carbonyl (C=O) groups excluding carboxylic acids is 1. The molecule has 17 heavy (non-hydrogen) atoms. The van der Waals surface area contributed by atoms with E-state index >= 15 is 0 Å². The maximum atomic E-state index is 11.4. The third-order valence-corrected chi connectivity index (χ3v) is 2.02. The summed E-state index contributed by atoms with van der Waals surface area (Å²) in [6.07, 6.45) is 3.45. The van der Waals surface area contributed by atoms with E-state index in [4.69, 9.17) is 0 Å². The highest BCUT2D eigenvalue weighted by molar-refractivity contribution is 5.81. The first-order chi connectivity index (χ1) is 8.11. The van der Waals surface area contributed by atoms with Crippen molar-refractivity contribution >= 4 is 17.3 Å². The molecule has 0 saturated carbocycles. The van der Waals surface area contributed by atoms with E-state index in [0.29, 0.717) is 0 Å². The second-order valence-electron chi connectivity index (χ2n) is 4.07. The van der Waals surface area contributed by atoms with Gasteiger partial charge in [0.15, 0.2) is 0 Å². The van der Waals surface area contributed by atoms with Crippen LogP contribution in [0.4, 0.5) is 11.4 Å². The standard InChI is InChI=1S/C12H20N4O/c1-4-14-10-5-11(7-13-6-10)15-8-12(17)16-9(2)3/h5-7,9,14-15H,4,8H2,1-3H3,(H,16,17). The Morgan fingerprint density at radius 3 is 2.53 bits per heavy atom. The van der Waals surface area contributed by atoms with Crippen LogP contribution in [-0.2, 0) is 4.79 Å². The molecule has 0 spiro atoms. The topological polar surface area (TPSA) is 66.0 Å². The molecule has 0 bridgehead atoms. The number of rotatable bonds is 6. The number of nitrogens with zero attached hydrogens (tertiary/aromatic N) is 1. The Labute approximate surface area is 102 Å². The van der Waals surface area contributed by atoms with Crippen molar-refractivity contribution < 1.29 is 4.79 Å². The minimum Gasteiger partial charge on any atom is -0.384 e. The molecule has 0 aromatic carbocycles. The molecule has 1 heterocycles. The molecule has 3 N–H and O–H groups in total. The number of pyridine rings is 1. The van der Waals surface area contributed by atoms with Crippen LogP contribution >= 0.6 is 0 Å². The van der Waals surface area contributed by atoms with Gasteiger partial charge in [-0.15, -0.1) is 0 Å². The van der Waals surface area contributed by atoms with Crippen LogP contribution in [-0.4, -0.2) is 30.0 Å². The Morgan fingerprint density at radius 2 is 1.94 bits per heavy atom. The van der Waals surface area contributed by atoms with E-state index in [0.717, 1.165) is 17.9 Å². The molecule has 5 nitrogen and oxygen atoms in total. The van der Waals surface area contributed by atoms with E-state index in [-0.39, 0.29) is 18.5 Å². The Balaban J connectivity index is 2.45. The van der Waals surface area contributed by atoms with Gasteiger partial charge in [0.1, 0.15) is 0 Å². The van der Waals surface area contributed by atoms with Crippen molar-refractivity contribution in [3.8, 4) is 0 Å². The van der Waals surface area contributed by atoms with E-state index in [2.05, 4.69) is 20.9 Å². The van der Waals surface area contributed by atoms with Gasteiger partial charge < -0.3 is 16.0 Å². The first-order valence-electron chi connectivity index (χ1n) is 5.84. The highest BCUT2D eigenvalue weighted by Crippen LogP contribution is 2.11. The monoisotopic (exact) mass is 236 g/mol. The van der Waals surface area contributed by atoms with Gasteiger partial charge in [-0.05, 0) is 26.8 Å². The van der Waals surface area contributed by atoms with Gasteiger partial charge in [-0.3, -0.25) is 9.78 Å². The molecule has 0 radical (unpaired) electrons. The zero-order chi connectivity index (χ0) is 12.7. The third-order valence-electron chi connectivity index (χ3n) is 2.02. The molecular weight excluding hydrogens is 216 g/mol. The van der Waals surface area contributed by atoms with Crippen molar-refractivity contribution in [1.29, 1.82) is 0 Å². The number of carbonyl (C=O) groups is 1. The van der Waals surface area contributed by atoms with Crippen LogP contribution in [0.1, 0.15) is 20.8 Å². The SMILES string of the molecule is CCNc1cncc(NCC(=O)NC(C)C)c1. The van der Waals surface area contributed by atoms with Crippen molar-refractivity contribution in [2.75, 3.05) is 23.7 Å². The van der Waals surface area contributed by atoms with E-state index in [9.17, 15) is 4.79 Å². The maximum Gasteiger partial charge on any atom is 0.239 e. The molecule has 1 rings (SSSR count). The van der Waals surface area contributed by atoms with Crippen LogP contribution in [0.15, 0.2) is 18.5 Å². The molecule has 1 aromatic rings. The second-order valence-corrected chi connectivity index (χ2v) is 4.07. The molecule has 0 aliphatic rings. The molecule has 0 aliphatic carbocycles. The summed E-state index contributed by atoms with van der Waals surface area (Å²) in [5.74, 6) is -0.0196. The van der Waals surface area contributed by atoms with Gasteiger partial charge >= 0.3 is 0 Å². The summed E-state index contributed by atoms with van der Waals surface area (Å²) in [5.41, 5.74) is 1.78. The van der Waals surface area contributed by atoms with Crippen molar-refractivity contribution in [2.24, 2.45) is 0 Å². The molecule has 5 heteroatoms. The number of aromatic nitrogens is 1. The zero-order valence-electron chi connectivity index (χ0n) is 10.6. The van der Waals surface area contributed by atoms with Crippen molar-refractivity contribution in [3.05, 3.63) is 18.5 Å². The van der Waals surface area contributed by atoms with Crippen molar-refractivity contribution in [1.82, 2.24) is 10.3 Å². The average Bonchev–Trinajstić information content (AvgIpc) is 2.26. The van der Waals surface area contributed by atoms with Gasteiger partial charge in [0.05, 0.1) is 30.3 Å². The average molecular weight is 236 g/mol. The lowest BCUT2D eigenvalue weighted by molar-refractivity contribution is -0.119. The molecule has 0 unspecified atom stereocenters. The van der Waals surface area contributed by atoms with Crippen LogP contribution < -0.4 is 16.0 Å². The predicted molar refractivity (Wildman–Crippen MR) is 70.2 cm³/mol. The quantitative estimate of drug-likeness (QED) is 0.699. The summed E-state index contributed by atoms with van der Waals surface area (Å²) in [7, 11) is 0. The van der Waals surface area contributed by atoms with Crippen LogP contribution in [0.5, 0.6) is 0 Å². The Bertz CT molecular complexity index is 365. The normalized spacial score (nSPS) is 10.1. The zero-order valence-corrected chi connectivity index (χ0v) is 10.6. The lowest BCUT2D eigenvalue weighted by atomic mass is 10.3.